The van der Waals surface area contributed by atoms with Crippen LogP contribution in [0.15, 0.2) is 24.3 Å². The number of nitrogens with one attached hydrogen (secondary N) is 1. The van der Waals surface area contributed by atoms with Crippen LogP contribution in [-0.2, 0) is 4.74 Å². The molecule has 2 heterocycles. The fourth-order valence-corrected chi connectivity index (χ4v) is 2.70. The van der Waals surface area contributed by atoms with Crippen LogP contribution in [0.1, 0.15) is 5.56 Å². The molecule has 0 saturated carbocycles. The summed E-state index contributed by atoms with van der Waals surface area (Å²) in [6, 6.07) is 6.51. The Labute approximate surface area is 144 Å². The predicted octanol–water partition coefficient (Wildman–Crippen LogP) is 2.43. The third-order valence-corrected chi connectivity index (χ3v) is 4.15. The summed E-state index contributed by atoms with van der Waals surface area (Å²) in [5, 5.41) is 2.95. The summed E-state index contributed by atoms with van der Waals surface area (Å²) < 4.78 is 5.39. The van der Waals surface area contributed by atoms with Gasteiger partial charge < -0.3 is 20.7 Å². The maximum absolute atomic E-state index is 10.9. The number of ether oxygens (including phenoxy) is 1. The van der Waals surface area contributed by atoms with Crippen molar-refractivity contribution < 1.29 is 9.53 Å². The van der Waals surface area contributed by atoms with Crippen LogP contribution in [0.3, 0.4) is 0 Å². The minimum Gasteiger partial charge on any atom is -0.378 e. The van der Waals surface area contributed by atoms with Crippen LogP contribution in [0.5, 0.6) is 0 Å². The highest BCUT2D eigenvalue weighted by Crippen LogP contribution is 2.28. The SMILES string of the molecule is Cc1c(Cl)nc(-c2ccc(NC(N)=O)cc2)nc1N1CCOCC1. The number of hydrogen-bond donors (Lipinski definition) is 2. The van der Waals surface area contributed by atoms with Crippen molar-refractivity contribution in [1.29, 1.82) is 0 Å². The largest absolute Gasteiger partial charge is 0.378 e. The summed E-state index contributed by atoms with van der Waals surface area (Å²) in [7, 11) is 0. The van der Waals surface area contributed by atoms with Crippen LogP contribution in [0, 0.1) is 6.92 Å². The molecule has 3 N–H and O–H groups in total. The molecular weight excluding hydrogens is 330 g/mol. The number of nitrogens with two attached hydrogens (primary N) is 1. The van der Waals surface area contributed by atoms with E-state index in [1.807, 2.05) is 19.1 Å². The molecular formula is C16H18ClN5O2. The Bertz CT molecular complexity index is 745. The number of morpholine rings is 1. The highest BCUT2D eigenvalue weighted by molar-refractivity contribution is 6.30. The van der Waals surface area contributed by atoms with Crippen molar-refractivity contribution in [3.8, 4) is 11.4 Å². The molecule has 1 saturated heterocycles. The molecule has 0 bridgehead atoms. The monoisotopic (exact) mass is 347 g/mol. The van der Waals surface area contributed by atoms with Gasteiger partial charge in [0.1, 0.15) is 11.0 Å². The minimum absolute atomic E-state index is 0.431. The Morgan fingerprint density at radius 2 is 1.92 bits per heavy atom. The summed E-state index contributed by atoms with van der Waals surface area (Å²) >= 11 is 6.31. The number of anilines is 2. The van der Waals surface area contributed by atoms with E-state index in [1.165, 1.54) is 0 Å². The summed E-state index contributed by atoms with van der Waals surface area (Å²) in [6.45, 7) is 4.80. The van der Waals surface area contributed by atoms with Gasteiger partial charge in [-0.25, -0.2) is 14.8 Å². The first-order valence-corrected chi connectivity index (χ1v) is 7.96. The van der Waals surface area contributed by atoms with E-state index in [-0.39, 0.29) is 0 Å². The van der Waals surface area contributed by atoms with Gasteiger partial charge in [0.15, 0.2) is 5.82 Å². The van der Waals surface area contributed by atoms with E-state index < -0.39 is 6.03 Å². The Morgan fingerprint density at radius 3 is 2.54 bits per heavy atom. The first-order chi connectivity index (χ1) is 11.5. The van der Waals surface area contributed by atoms with Crippen molar-refractivity contribution in [3.63, 3.8) is 0 Å². The van der Waals surface area contributed by atoms with Crippen LogP contribution in [-0.4, -0.2) is 42.3 Å². The third kappa shape index (κ3) is 3.58. The van der Waals surface area contributed by atoms with Crippen molar-refractivity contribution in [1.82, 2.24) is 9.97 Å². The molecule has 1 aliphatic heterocycles. The lowest BCUT2D eigenvalue weighted by Crippen LogP contribution is -2.37. The van der Waals surface area contributed by atoms with Gasteiger partial charge in [0.05, 0.1) is 13.2 Å². The molecule has 0 radical (unpaired) electrons. The quantitative estimate of drug-likeness (QED) is 0.832. The normalized spacial score (nSPS) is 14.5. The maximum Gasteiger partial charge on any atom is 0.316 e. The molecule has 2 aromatic rings. The topological polar surface area (TPSA) is 93.4 Å². The number of rotatable bonds is 3. The number of nitrogens with zero attached hydrogens (tertiary/aromatic N) is 3. The van der Waals surface area contributed by atoms with Crippen molar-refractivity contribution in [2.24, 2.45) is 5.73 Å². The van der Waals surface area contributed by atoms with Crippen LogP contribution in [0.2, 0.25) is 5.15 Å². The zero-order valence-corrected chi connectivity index (χ0v) is 14.0. The zero-order chi connectivity index (χ0) is 17.1. The van der Waals surface area contributed by atoms with Crippen molar-refractivity contribution in [2.45, 2.75) is 6.92 Å². The van der Waals surface area contributed by atoms with Crippen LogP contribution < -0.4 is 16.0 Å². The van der Waals surface area contributed by atoms with Gasteiger partial charge in [0, 0.05) is 29.9 Å². The van der Waals surface area contributed by atoms with E-state index in [4.69, 9.17) is 22.1 Å². The fourth-order valence-electron chi connectivity index (χ4n) is 2.54. The Hall–Kier alpha value is -2.38. The van der Waals surface area contributed by atoms with E-state index >= 15 is 0 Å². The van der Waals surface area contributed by atoms with Gasteiger partial charge in [-0.1, -0.05) is 11.6 Å². The van der Waals surface area contributed by atoms with Crippen molar-refractivity contribution in [2.75, 3.05) is 36.5 Å². The van der Waals surface area contributed by atoms with Gasteiger partial charge in [0.2, 0.25) is 0 Å². The number of urea groups is 1. The minimum atomic E-state index is -0.605. The molecule has 0 atom stereocenters. The number of hydrogen-bond acceptors (Lipinski definition) is 5. The van der Waals surface area contributed by atoms with Crippen molar-refractivity contribution >= 4 is 29.1 Å². The van der Waals surface area contributed by atoms with Crippen LogP contribution in [0.25, 0.3) is 11.4 Å². The van der Waals surface area contributed by atoms with Gasteiger partial charge in [-0.05, 0) is 31.2 Å². The average Bonchev–Trinajstić information content (AvgIpc) is 2.58. The zero-order valence-electron chi connectivity index (χ0n) is 13.3. The third-order valence-electron chi connectivity index (χ3n) is 3.78. The second-order valence-electron chi connectivity index (χ2n) is 5.45. The van der Waals surface area contributed by atoms with Crippen molar-refractivity contribution in [3.05, 3.63) is 35.0 Å². The van der Waals surface area contributed by atoms with E-state index in [2.05, 4.69) is 20.2 Å². The van der Waals surface area contributed by atoms with E-state index in [9.17, 15) is 4.79 Å². The molecule has 126 valence electrons. The lowest BCUT2D eigenvalue weighted by atomic mass is 10.2. The molecule has 1 aliphatic rings. The number of benzene rings is 1. The molecule has 1 fully saturated rings. The molecule has 8 heteroatoms. The maximum atomic E-state index is 10.9. The second-order valence-corrected chi connectivity index (χ2v) is 5.81. The molecule has 24 heavy (non-hydrogen) atoms. The second kappa shape index (κ2) is 7.02. The lowest BCUT2D eigenvalue weighted by molar-refractivity contribution is 0.122. The number of aromatic nitrogens is 2. The van der Waals surface area contributed by atoms with E-state index in [0.29, 0.717) is 29.9 Å². The molecule has 3 rings (SSSR count). The first-order valence-electron chi connectivity index (χ1n) is 7.58. The Kier molecular flexibility index (Phi) is 4.82. The summed E-state index contributed by atoms with van der Waals surface area (Å²) in [5.41, 5.74) is 7.38. The molecule has 0 unspecified atom stereocenters. The first kappa shape index (κ1) is 16.5. The number of halogens is 1. The number of primary amides is 1. The molecule has 2 amide bonds. The van der Waals surface area contributed by atoms with Crippen LogP contribution in [0.4, 0.5) is 16.3 Å². The molecule has 1 aromatic carbocycles. The van der Waals surface area contributed by atoms with Gasteiger partial charge in [-0.2, -0.15) is 0 Å². The standard InChI is InChI=1S/C16H18ClN5O2/c1-10-13(17)20-14(21-15(10)22-6-8-24-9-7-22)11-2-4-12(5-3-11)19-16(18)23/h2-5H,6-9H2,1H3,(H3,18,19,23). The van der Waals surface area contributed by atoms with Gasteiger partial charge in [0.25, 0.3) is 0 Å². The highest BCUT2D eigenvalue weighted by Gasteiger charge is 2.18. The molecule has 0 spiro atoms. The van der Waals surface area contributed by atoms with Gasteiger partial charge in [-0.3, -0.25) is 0 Å². The molecule has 1 aromatic heterocycles. The van der Waals surface area contributed by atoms with Crippen LogP contribution >= 0.6 is 11.6 Å². The summed E-state index contributed by atoms with van der Waals surface area (Å²) in [4.78, 5) is 22.1. The van der Waals surface area contributed by atoms with E-state index in [1.54, 1.807) is 12.1 Å². The molecule has 7 nitrogen and oxygen atoms in total. The predicted molar refractivity (Wildman–Crippen MR) is 93.5 cm³/mol. The lowest BCUT2D eigenvalue weighted by Gasteiger charge is -2.29. The van der Waals surface area contributed by atoms with Gasteiger partial charge >= 0.3 is 6.03 Å². The highest BCUT2D eigenvalue weighted by atomic mass is 35.5. The molecule has 0 aliphatic carbocycles. The van der Waals surface area contributed by atoms with E-state index in [0.717, 1.165) is 30.0 Å². The Morgan fingerprint density at radius 1 is 1.25 bits per heavy atom. The number of amides is 2. The fraction of sp³-hybridized carbons (Fsp3) is 0.312. The van der Waals surface area contributed by atoms with Gasteiger partial charge in [-0.15, -0.1) is 0 Å². The summed E-state index contributed by atoms with van der Waals surface area (Å²) in [5.74, 6) is 1.37. The average molecular weight is 348 g/mol. The smallest absolute Gasteiger partial charge is 0.316 e. The summed E-state index contributed by atoms with van der Waals surface area (Å²) in [6.07, 6.45) is 0. The number of carbonyl (C=O) groups excluding carboxylic acids is 1. The Balaban J connectivity index is 1.93. The number of carbonyl (C=O) groups is 1.